The summed E-state index contributed by atoms with van der Waals surface area (Å²) in [5.74, 6) is 1.04. The van der Waals surface area contributed by atoms with Gasteiger partial charge < -0.3 is 9.47 Å². The molecule has 5 nitrogen and oxygen atoms in total. The zero-order valence-electron chi connectivity index (χ0n) is 16.2. The molecule has 146 valence electrons. The molecule has 2 aromatic carbocycles. The minimum atomic E-state index is -0.241. The molecule has 0 saturated carbocycles. The van der Waals surface area contributed by atoms with E-state index in [1.54, 1.807) is 20.3 Å². The van der Waals surface area contributed by atoms with Crippen molar-refractivity contribution in [2.45, 2.75) is 19.8 Å². The molecule has 0 atom stereocenters. The molecule has 0 N–H and O–H groups in total. The molecule has 0 aromatic heterocycles. The van der Waals surface area contributed by atoms with Gasteiger partial charge in [-0.25, -0.2) is 0 Å². The summed E-state index contributed by atoms with van der Waals surface area (Å²) in [6.45, 7) is 2.42. The molecule has 2 aromatic rings. The second kappa shape index (κ2) is 8.97. The van der Waals surface area contributed by atoms with Crippen molar-refractivity contribution in [1.82, 2.24) is 4.90 Å². The van der Waals surface area contributed by atoms with Gasteiger partial charge in [-0.2, -0.15) is 0 Å². The van der Waals surface area contributed by atoms with Gasteiger partial charge in [0, 0.05) is 6.54 Å². The molecule has 6 heteroatoms. The Balaban J connectivity index is 1.69. The number of benzene rings is 2. The van der Waals surface area contributed by atoms with Crippen LogP contribution < -0.4 is 9.47 Å². The van der Waals surface area contributed by atoms with Gasteiger partial charge in [0.2, 0.25) is 0 Å². The minimum Gasteiger partial charge on any atom is -0.493 e. The van der Waals surface area contributed by atoms with Gasteiger partial charge in [0.25, 0.3) is 11.1 Å². The van der Waals surface area contributed by atoms with E-state index in [2.05, 4.69) is 6.92 Å². The SMILES string of the molecule is CCc1ccc(C=C2SC(=O)N(CCc3ccc(OC)c(OC)c3)C2=O)cc1. The fourth-order valence-corrected chi connectivity index (χ4v) is 3.84. The van der Waals surface area contributed by atoms with Crippen LogP contribution in [-0.2, 0) is 17.6 Å². The molecule has 0 aliphatic carbocycles. The fourth-order valence-electron chi connectivity index (χ4n) is 2.97. The Kier molecular flexibility index (Phi) is 6.41. The highest BCUT2D eigenvalue weighted by Gasteiger charge is 2.34. The molecule has 1 heterocycles. The Bertz CT molecular complexity index is 905. The van der Waals surface area contributed by atoms with E-state index in [1.807, 2.05) is 42.5 Å². The highest BCUT2D eigenvalue weighted by Crippen LogP contribution is 2.33. The normalized spacial score (nSPS) is 15.4. The Morgan fingerprint density at radius 1 is 0.964 bits per heavy atom. The molecule has 1 saturated heterocycles. The summed E-state index contributed by atoms with van der Waals surface area (Å²) in [4.78, 5) is 26.7. The van der Waals surface area contributed by atoms with Crippen molar-refractivity contribution in [1.29, 1.82) is 0 Å². The van der Waals surface area contributed by atoms with Crippen LogP contribution in [0.15, 0.2) is 47.4 Å². The van der Waals surface area contributed by atoms with Gasteiger partial charge in [-0.15, -0.1) is 0 Å². The zero-order valence-corrected chi connectivity index (χ0v) is 17.0. The third-order valence-electron chi connectivity index (χ3n) is 4.63. The molecular formula is C22H23NO4S. The van der Waals surface area contributed by atoms with Gasteiger partial charge in [-0.3, -0.25) is 14.5 Å². The number of thioether (sulfide) groups is 1. The Morgan fingerprint density at radius 2 is 1.64 bits per heavy atom. The van der Waals surface area contributed by atoms with Crippen molar-refractivity contribution in [3.05, 3.63) is 64.1 Å². The van der Waals surface area contributed by atoms with Gasteiger partial charge in [0.1, 0.15) is 0 Å². The standard InChI is InChI=1S/C22H23NO4S/c1-4-15-5-7-16(8-6-15)14-20-21(24)23(22(25)28-20)12-11-17-9-10-18(26-2)19(13-17)27-3/h5-10,13-14H,4,11-12H2,1-3H3. The maximum absolute atomic E-state index is 12.7. The molecule has 28 heavy (non-hydrogen) atoms. The smallest absolute Gasteiger partial charge is 0.293 e. The van der Waals surface area contributed by atoms with Crippen LogP contribution in [-0.4, -0.2) is 36.8 Å². The lowest BCUT2D eigenvalue weighted by atomic mass is 10.1. The average molecular weight is 397 g/mol. The molecule has 0 unspecified atom stereocenters. The molecule has 0 spiro atoms. The number of aryl methyl sites for hydroxylation is 1. The largest absolute Gasteiger partial charge is 0.493 e. The number of rotatable bonds is 7. The number of methoxy groups -OCH3 is 2. The maximum atomic E-state index is 12.7. The van der Waals surface area contributed by atoms with Crippen molar-refractivity contribution in [3.63, 3.8) is 0 Å². The summed E-state index contributed by atoms with van der Waals surface area (Å²) in [6.07, 6.45) is 3.30. The van der Waals surface area contributed by atoms with Crippen LogP contribution in [0.4, 0.5) is 4.79 Å². The number of imide groups is 1. The lowest BCUT2D eigenvalue weighted by Gasteiger charge is -2.13. The predicted molar refractivity (Wildman–Crippen MR) is 112 cm³/mol. The molecule has 0 bridgehead atoms. The van der Waals surface area contributed by atoms with E-state index in [4.69, 9.17) is 9.47 Å². The predicted octanol–water partition coefficient (Wildman–Crippen LogP) is 4.55. The molecule has 0 radical (unpaired) electrons. The van der Waals surface area contributed by atoms with Crippen molar-refractivity contribution in [3.8, 4) is 11.5 Å². The Hall–Kier alpha value is -2.73. The lowest BCUT2D eigenvalue weighted by Crippen LogP contribution is -2.30. The van der Waals surface area contributed by atoms with Crippen molar-refractivity contribution in [2.24, 2.45) is 0 Å². The Morgan fingerprint density at radius 3 is 2.29 bits per heavy atom. The van der Waals surface area contributed by atoms with Crippen LogP contribution in [0.1, 0.15) is 23.6 Å². The topological polar surface area (TPSA) is 55.8 Å². The highest BCUT2D eigenvalue weighted by molar-refractivity contribution is 8.18. The van der Waals surface area contributed by atoms with Crippen LogP contribution in [0.2, 0.25) is 0 Å². The van der Waals surface area contributed by atoms with Gasteiger partial charge in [-0.1, -0.05) is 37.3 Å². The van der Waals surface area contributed by atoms with E-state index in [0.717, 1.165) is 29.3 Å². The molecule has 1 aliphatic rings. The van der Waals surface area contributed by atoms with E-state index in [1.165, 1.54) is 10.5 Å². The van der Waals surface area contributed by atoms with Gasteiger partial charge >= 0.3 is 0 Å². The molecule has 1 aliphatic heterocycles. The number of carbonyl (C=O) groups is 2. The number of ether oxygens (including phenoxy) is 2. The highest BCUT2D eigenvalue weighted by atomic mass is 32.2. The summed E-state index contributed by atoms with van der Waals surface area (Å²) in [6, 6.07) is 13.6. The van der Waals surface area contributed by atoms with Crippen LogP contribution in [0.3, 0.4) is 0 Å². The molecule has 3 rings (SSSR count). The second-order valence-electron chi connectivity index (χ2n) is 6.37. The van der Waals surface area contributed by atoms with Gasteiger partial charge in [0.15, 0.2) is 11.5 Å². The van der Waals surface area contributed by atoms with Crippen LogP contribution >= 0.6 is 11.8 Å². The van der Waals surface area contributed by atoms with E-state index >= 15 is 0 Å². The first kappa shape index (κ1) is 20.0. The van der Waals surface area contributed by atoms with E-state index < -0.39 is 0 Å². The van der Waals surface area contributed by atoms with E-state index in [9.17, 15) is 9.59 Å². The number of hydrogen-bond acceptors (Lipinski definition) is 5. The third kappa shape index (κ3) is 4.39. The monoisotopic (exact) mass is 397 g/mol. The first-order valence-electron chi connectivity index (χ1n) is 9.11. The minimum absolute atomic E-state index is 0.234. The average Bonchev–Trinajstić information content (AvgIpc) is 2.99. The molecular weight excluding hydrogens is 374 g/mol. The van der Waals surface area contributed by atoms with Crippen LogP contribution in [0, 0.1) is 0 Å². The lowest BCUT2D eigenvalue weighted by molar-refractivity contribution is -0.122. The van der Waals surface area contributed by atoms with Crippen LogP contribution in [0.5, 0.6) is 11.5 Å². The summed E-state index contributed by atoms with van der Waals surface area (Å²) in [5, 5.41) is -0.234. The Labute approximate surface area is 169 Å². The van der Waals surface area contributed by atoms with Crippen molar-refractivity contribution in [2.75, 3.05) is 20.8 Å². The molecule has 1 fully saturated rings. The zero-order chi connectivity index (χ0) is 20.1. The molecule has 2 amide bonds. The number of nitrogens with zero attached hydrogens (tertiary/aromatic N) is 1. The number of carbonyl (C=O) groups excluding carboxylic acids is 2. The summed E-state index contributed by atoms with van der Waals surface area (Å²) >= 11 is 0.989. The van der Waals surface area contributed by atoms with Gasteiger partial charge in [0.05, 0.1) is 19.1 Å². The second-order valence-corrected chi connectivity index (χ2v) is 7.36. The number of hydrogen-bond donors (Lipinski definition) is 0. The van der Waals surface area contributed by atoms with Crippen molar-refractivity contribution >= 4 is 29.0 Å². The van der Waals surface area contributed by atoms with E-state index in [-0.39, 0.29) is 11.1 Å². The van der Waals surface area contributed by atoms with E-state index in [0.29, 0.717) is 29.4 Å². The fraction of sp³-hybridized carbons (Fsp3) is 0.273. The number of amides is 2. The first-order valence-corrected chi connectivity index (χ1v) is 9.92. The summed E-state index contributed by atoms with van der Waals surface area (Å²) in [7, 11) is 3.16. The quantitative estimate of drug-likeness (QED) is 0.642. The maximum Gasteiger partial charge on any atom is 0.293 e. The van der Waals surface area contributed by atoms with Gasteiger partial charge in [-0.05, 0) is 59.5 Å². The first-order chi connectivity index (χ1) is 13.5. The van der Waals surface area contributed by atoms with Crippen LogP contribution in [0.25, 0.3) is 6.08 Å². The van der Waals surface area contributed by atoms with Crippen molar-refractivity contribution < 1.29 is 19.1 Å². The third-order valence-corrected chi connectivity index (χ3v) is 5.54. The summed E-state index contributed by atoms with van der Waals surface area (Å²) in [5.41, 5.74) is 3.12. The summed E-state index contributed by atoms with van der Waals surface area (Å²) < 4.78 is 10.5.